The van der Waals surface area contributed by atoms with Gasteiger partial charge in [0.15, 0.2) is 0 Å². The van der Waals surface area contributed by atoms with Crippen LogP contribution in [0.1, 0.15) is 11.1 Å². The third-order valence-corrected chi connectivity index (χ3v) is 2.42. The van der Waals surface area contributed by atoms with Crippen LogP contribution in [0.15, 0.2) is 48.5 Å². The number of hydrogen-bond acceptors (Lipinski definition) is 2. The van der Waals surface area contributed by atoms with E-state index in [2.05, 4.69) is 24.4 Å². The first kappa shape index (κ1) is 10.7. The summed E-state index contributed by atoms with van der Waals surface area (Å²) in [5.41, 5.74) is 4.20. The van der Waals surface area contributed by atoms with Gasteiger partial charge in [-0.25, -0.2) is 0 Å². The number of hydrogen-bond donors (Lipinski definition) is 2. The molecule has 0 bridgehead atoms. The van der Waals surface area contributed by atoms with Crippen molar-refractivity contribution in [2.24, 2.45) is 0 Å². The van der Waals surface area contributed by atoms with E-state index in [4.69, 9.17) is 5.11 Å². The van der Waals surface area contributed by atoms with Crippen molar-refractivity contribution in [3.05, 3.63) is 59.7 Å². The fraction of sp³-hybridized carbons (Fsp3) is 0.143. The van der Waals surface area contributed by atoms with Crippen LogP contribution in [-0.2, 0) is 6.61 Å². The highest BCUT2D eigenvalue weighted by Gasteiger charge is 1.96. The van der Waals surface area contributed by atoms with Crippen LogP contribution in [0.4, 0.5) is 11.4 Å². The van der Waals surface area contributed by atoms with Gasteiger partial charge in [-0.1, -0.05) is 24.3 Å². The van der Waals surface area contributed by atoms with Gasteiger partial charge in [-0.05, 0) is 42.3 Å². The normalized spacial score (nSPS) is 10.1. The van der Waals surface area contributed by atoms with Gasteiger partial charge in [-0.15, -0.1) is 0 Å². The van der Waals surface area contributed by atoms with E-state index in [1.807, 2.05) is 36.4 Å². The van der Waals surface area contributed by atoms with Gasteiger partial charge >= 0.3 is 0 Å². The third kappa shape index (κ3) is 2.61. The molecule has 0 amide bonds. The Balaban J connectivity index is 2.20. The first-order valence-corrected chi connectivity index (χ1v) is 5.31. The number of rotatable bonds is 3. The van der Waals surface area contributed by atoms with E-state index in [-0.39, 0.29) is 6.61 Å². The molecular weight excluding hydrogens is 198 g/mol. The maximum Gasteiger partial charge on any atom is 0.0682 e. The SMILES string of the molecule is Cc1cccc(Nc2cccc(CO)c2)c1. The smallest absolute Gasteiger partial charge is 0.0682 e. The van der Waals surface area contributed by atoms with Crippen molar-refractivity contribution in [2.75, 3.05) is 5.32 Å². The van der Waals surface area contributed by atoms with Crippen LogP contribution in [0.2, 0.25) is 0 Å². The molecule has 0 saturated heterocycles. The summed E-state index contributed by atoms with van der Waals surface area (Å²) in [5, 5.41) is 12.4. The zero-order valence-electron chi connectivity index (χ0n) is 9.27. The molecular formula is C14H15NO. The minimum Gasteiger partial charge on any atom is -0.392 e. The lowest BCUT2D eigenvalue weighted by molar-refractivity contribution is 0.282. The molecule has 0 heterocycles. The zero-order valence-corrected chi connectivity index (χ0v) is 9.27. The molecule has 2 aromatic carbocycles. The molecule has 0 radical (unpaired) electrons. The second-order valence-corrected chi connectivity index (χ2v) is 3.85. The molecule has 2 nitrogen and oxygen atoms in total. The van der Waals surface area contributed by atoms with Crippen LogP contribution < -0.4 is 5.32 Å². The Morgan fingerprint density at radius 1 is 1.00 bits per heavy atom. The molecule has 0 atom stereocenters. The predicted molar refractivity (Wildman–Crippen MR) is 66.8 cm³/mol. The van der Waals surface area contributed by atoms with Gasteiger partial charge in [0.1, 0.15) is 0 Å². The minimum absolute atomic E-state index is 0.0728. The Bertz CT molecular complexity index is 480. The minimum atomic E-state index is 0.0728. The van der Waals surface area contributed by atoms with Crippen LogP contribution in [0.5, 0.6) is 0 Å². The van der Waals surface area contributed by atoms with Crippen LogP contribution in [0, 0.1) is 6.92 Å². The number of anilines is 2. The highest BCUT2D eigenvalue weighted by molar-refractivity contribution is 5.60. The molecule has 16 heavy (non-hydrogen) atoms. The lowest BCUT2D eigenvalue weighted by Crippen LogP contribution is -1.92. The zero-order chi connectivity index (χ0) is 11.4. The molecule has 0 aliphatic carbocycles. The van der Waals surface area contributed by atoms with E-state index < -0.39 is 0 Å². The number of nitrogens with one attached hydrogen (secondary N) is 1. The molecule has 2 rings (SSSR count). The number of aryl methyl sites for hydroxylation is 1. The van der Waals surface area contributed by atoms with E-state index in [1.165, 1.54) is 5.56 Å². The first-order valence-electron chi connectivity index (χ1n) is 5.31. The summed E-state index contributed by atoms with van der Waals surface area (Å²) in [5.74, 6) is 0. The van der Waals surface area contributed by atoms with Crippen molar-refractivity contribution >= 4 is 11.4 Å². The van der Waals surface area contributed by atoms with Gasteiger partial charge in [0.2, 0.25) is 0 Å². The summed E-state index contributed by atoms with van der Waals surface area (Å²) in [6, 6.07) is 16.0. The van der Waals surface area contributed by atoms with E-state index in [0.717, 1.165) is 16.9 Å². The van der Waals surface area contributed by atoms with Crippen LogP contribution >= 0.6 is 0 Å². The fourth-order valence-corrected chi connectivity index (χ4v) is 1.64. The van der Waals surface area contributed by atoms with Gasteiger partial charge in [-0.2, -0.15) is 0 Å². The fourth-order valence-electron chi connectivity index (χ4n) is 1.64. The Kier molecular flexibility index (Phi) is 3.22. The number of aliphatic hydroxyl groups is 1. The molecule has 0 aromatic heterocycles. The summed E-state index contributed by atoms with van der Waals surface area (Å²) < 4.78 is 0. The van der Waals surface area contributed by atoms with Gasteiger partial charge in [0.05, 0.1) is 6.61 Å². The first-order chi connectivity index (χ1) is 7.78. The van der Waals surface area contributed by atoms with Crippen molar-refractivity contribution in [1.29, 1.82) is 0 Å². The largest absolute Gasteiger partial charge is 0.392 e. The summed E-state index contributed by atoms with van der Waals surface area (Å²) >= 11 is 0. The quantitative estimate of drug-likeness (QED) is 0.820. The van der Waals surface area contributed by atoms with Crippen molar-refractivity contribution in [3.63, 3.8) is 0 Å². The lowest BCUT2D eigenvalue weighted by Gasteiger charge is -2.08. The molecule has 0 spiro atoms. The van der Waals surface area contributed by atoms with E-state index >= 15 is 0 Å². The predicted octanol–water partition coefficient (Wildman–Crippen LogP) is 3.23. The standard InChI is InChI=1S/C14H15NO/c1-11-4-2-6-13(8-11)15-14-7-3-5-12(9-14)10-16/h2-9,15-16H,10H2,1H3. The average molecular weight is 213 g/mol. The molecule has 2 N–H and O–H groups in total. The Hall–Kier alpha value is -1.80. The van der Waals surface area contributed by atoms with Crippen LogP contribution in [0.3, 0.4) is 0 Å². The van der Waals surface area contributed by atoms with Crippen molar-refractivity contribution in [2.45, 2.75) is 13.5 Å². The number of benzene rings is 2. The Morgan fingerprint density at radius 3 is 2.38 bits per heavy atom. The van der Waals surface area contributed by atoms with Gasteiger partial charge < -0.3 is 10.4 Å². The van der Waals surface area contributed by atoms with Gasteiger partial charge in [0, 0.05) is 11.4 Å². The molecule has 0 fully saturated rings. The van der Waals surface area contributed by atoms with Crippen molar-refractivity contribution < 1.29 is 5.11 Å². The second-order valence-electron chi connectivity index (χ2n) is 3.85. The molecule has 82 valence electrons. The van der Waals surface area contributed by atoms with E-state index in [1.54, 1.807) is 0 Å². The highest BCUT2D eigenvalue weighted by atomic mass is 16.3. The molecule has 0 aliphatic heterocycles. The maximum atomic E-state index is 9.04. The average Bonchev–Trinajstić information content (AvgIpc) is 2.29. The summed E-state index contributed by atoms with van der Waals surface area (Å²) in [7, 11) is 0. The Labute approximate surface area is 95.6 Å². The van der Waals surface area contributed by atoms with Gasteiger partial charge in [-0.3, -0.25) is 0 Å². The summed E-state index contributed by atoms with van der Waals surface area (Å²) in [6.45, 7) is 2.14. The van der Waals surface area contributed by atoms with E-state index in [0.29, 0.717) is 0 Å². The lowest BCUT2D eigenvalue weighted by atomic mass is 10.2. The maximum absolute atomic E-state index is 9.04. The van der Waals surface area contributed by atoms with Gasteiger partial charge in [0.25, 0.3) is 0 Å². The van der Waals surface area contributed by atoms with Crippen molar-refractivity contribution in [1.82, 2.24) is 0 Å². The summed E-state index contributed by atoms with van der Waals surface area (Å²) in [6.07, 6.45) is 0. The third-order valence-electron chi connectivity index (χ3n) is 2.42. The van der Waals surface area contributed by atoms with Crippen LogP contribution in [0.25, 0.3) is 0 Å². The van der Waals surface area contributed by atoms with Crippen LogP contribution in [-0.4, -0.2) is 5.11 Å². The molecule has 0 saturated carbocycles. The second kappa shape index (κ2) is 4.81. The highest BCUT2D eigenvalue weighted by Crippen LogP contribution is 2.18. The Morgan fingerprint density at radius 2 is 1.69 bits per heavy atom. The molecule has 2 heteroatoms. The van der Waals surface area contributed by atoms with Crippen molar-refractivity contribution in [3.8, 4) is 0 Å². The molecule has 0 aliphatic rings. The summed E-state index contributed by atoms with van der Waals surface area (Å²) in [4.78, 5) is 0. The number of aliphatic hydroxyl groups excluding tert-OH is 1. The topological polar surface area (TPSA) is 32.3 Å². The molecule has 2 aromatic rings. The van der Waals surface area contributed by atoms with E-state index in [9.17, 15) is 0 Å². The monoisotopic (exact) mass is 213 g/mol. The molecule has 0 unspecified atom stereocenters.